The number of unbranched alkanes of at least 4 members (excludes halogenated alkanes) is 3. The van der Waals surface area contributed by atoms with Gasteiger partial charge in [-0.1, -0.05) is 101 Å². The van der Waals surface area contributed by atoms with E-state index < -0.39 is 0 Å². The monoisotopic (exact) mass is 448 g/mol. The molecule has 1 unspecified atom stereocenters. The Hall–Kier alpha value is -2.60. The first-order valence-corrected chi connectivity index (χ1v) is 12.5. The molecule has 1 atom stereocenters. The summed E-state index contributed by atoms with van der Waals surface area (Å²) in [5.41, 5.74) is 2.94. The van der Waals surface area contributed by atoms with Crippen LogP contribution in [0.3, 0.4) is 0 Å². The van der Waals surface area contributed by atoms with Crippen LogP contribution in [-0.2, 0) is 10.2 Å². The summed E-state index contributed by atoms with van der Waals surface area (Å²) in [6.45, 7) is 8.83. The van der Waals surface area contributed by atoms with Crippen molar-refractivity contribution < 1.29 is 4.79 Å². The number of carbonyl (C=O) groups is 1. The second-order valence-corrected chi connectivity index (χ2v) is 10.4. The second kappa shape index (κ2) is 9.49. The average Bonchev–Trinajstić information content (AvgIpc) is 2.77. The first-order chi connectivity index (χ1) is 15.4. The molecule has 0 radical (unpaired) electrons. The van der Waals surface area contributed by atoms with E-state index in [1.807, 2.05) is 29.3 Å². The standard InChI is InChI=1S/C26H32N4OS/c1-5-6-7-10-17-32-25-28-24(31)22-20-11-8-9-12-21(20)27-23(30(22)29-25)18-13-15-19(16-14-18)26(2,3)4/h8-9,11-16,23H,5-7,10,17H2,1-4H3,(H,28,29,31). The lowest BCUT2D eigenvalue weighted by molar-refractivity contribution is -0.116. The van der Waals surface area contributed by atoms with Gasteiger partial charge in [0.15, 0.2) is 11.3 Å². The summed E-state index contributed by atoms with van der Waals surface area (Å²) in [4.78, 5) is 18.2. The number of nitrogens with zero attached hydrogens (tertiary/aromatic N) is 3. The molecule has 5 nitrogen and oxygen atoms in total. The van der Waals surface area contributed by atoms with Gasteiger partial charge in [0.25, 0.3) is 5.91 Å². The minimum atomic E-state index is -0.365. The molecule has 6 heteroatoms. The van der Waals surface area contributed by atoms with E-state index in [0.717, 1.165) is 28.3 Å². The van der Waals surface area contributed by atoms with Gasteiger partial charge in [-0.3, -0.25) is 15.1 Å². The summed E-state index contributed by atoms with van der Waals surface area (Å²) in [7, 11) is 0. The number of nitrogens with one attached hydrogen (secondary N) is 1. The third-order valence-corrected chi connectivity index (χ3v) is 6.78. The minimum Gasteiger partial charge on any atom is -0.298 e. The zero-order chi connectivity index (χ0) is 22.7. The number of carbonyl (C=O) groups excluding carboxylic acids is 1. The largest absolute Gasteiger partial charge is 0.298 e. The highest BCUT2D eigenvalue weighted by Gasteiger charge is 2.34. The van der Waals surface area contributed by atoms with E-state index in [4.69, 9.17) is 10.1 Å². The molecule has 2 aliphatic rings. The van der Waals surface area contributed by atoms with Crippen LogP contribution < -0.4 is 15.9 Å². The van der Waals surface area contributed by atoms with E-state index >= 15 is 0 Å². The number of benzene rings is 2. The second-order valence-electron chi connectivity index (χ2n) is 9.35. The average molecular weight is 449 g/mol. The molecule has 4 rings (SSSR count). The van der Waals surface area contributed by atoms with Crippen molar-refractivity contribution in [1.82, 2.24) is 10.3 Å². The number of rotatable bonds is 6. The molecule has 1 N–H and O–H groups in total. The Morgan fingerprint density at radius 1 is 1.03 bits per heavy atom. The van der Waals surface area contributed by atoms with Gasteiger partial charge < -0.3 is 0 Å². The molecule has 1 amide bonds. The van der Waals surface area contributed by atoms with Crippen molar-refractivity contribution in [3.05, 3.63) is 70.2 Å². The summed E-state index contributed by atoms with van der Waals surface area (Å²) in [6, 6.07) is 16.3. The van der Waals surface area contributed by atoms with Gasteiger partial charge >= 0.3 is 0 Å². The fourth-order valence-electron chi connectivity index (χ4n) is 3.96. The Kier molecular flexibility index (Phi) is 6.70. The van der Waals surface area contributed by atoms with Crippen LogP contribution >= 0.6 is 11.8 Å². The predicted molar refractivity (Wildman–Crippen MR) is 133 cm³/mol. The quantitative estimate of drug-likeness (QED) is 0.665. The minimum absolute atomic E-state index is 0.0802. The van der Waals surface area contributed by atoms with Crippen molar-refractivity contribution in [2.45, 2.75) is 65.0 Å². The molecule has 0 aliphatic carbocycles. The van der Waals surface area contributed by atoms with E-state index in [2.05, 4.69) is 57.3 Å². The van der Waals surface area contributed by atoms with Crippen LogP contribution in [0.25, 0.3) is 5.70 Å². The molecule has 32 heavy (non-hydrogen) atoms. The first-order valence-electron chi connectivity index (χ1n) is 11.5. The van der Waals surface area contributed by atoms with Gasteiger partial charge in [0.05, 0.1) is 5.36 Å². The van der Waals surface area contributed by atoms with Crippen LogP contribution in [0, 0.1) is 0 Å². The summed E-state index contributed by atoms with van der Waals surface area (Å²) in [6.07, 6.45) is 4.42. The fraction of sp³-hybridized carbons (Fsp3) is 0.423. The highest BCUT2D eigenvalue weighted by Crippen LogP contribution is 2.32. The van der Waals surface area contributed by atoms with Crippen LogP contribution in [-0.4, -0.2) is 21.8 Å². The van der Waals surface area contributed by atoms with Gasteiger partial charge in [-0.05, 0) is 29.0 Å². The molecular formula is C26H32N4OS. The Bertz CT molecular complexity index is 1130. The third-order valence-electron chi connectivity index (χ3n) is 5.83. The molecule has 0 aromatic heterocycles. The van der Waals surface area contributed by atoms with E-state index in [-0.39, 0.29) is 17.5 Å². The predicted octanol–water partition coefficient (Wildman–Crippen LogP) is 4.44. The molecule has 2 aromatic rings. The van der Waals surface area contributed by atoms with Gasteiger partial charge in [0, 0.05) is 11.0 Å². The normalized spacial score (nSPS) is 17.8. The molecule has 2 aliphatic heterocycles. The van der Waals surface area contributed by atoms with E-state index in [1.165, 1.54) is 24.8 Å². The van der Waals surface area contributed by atoms with Crippen molar-refractivity contribution in [3.8, 4) is 0 Å². The number of fused-ring (bicyclic) bond motifs is 2. The maximum Gasteiger partial charge on any atom is 0.276 e. The highest BCUT2D eigenvalue weighted by atomic mass is 32.2. The van der Waals surface area contributed by atoms with Gasteiger partial charge in [0.1, 0.15) is 5.70 Å². The van der Waals surface area contributed by atoms with Gasteiger partial charge in [-0.25, -0.2) is 5.01 Å². The molecule has 0 spiro atoms. The lowest BCUT2D eigenvalue weighted by Crippen LogP contribution is -2.50. The molecule has 0 saturated carbocycles. The maximum atomic E-state index is 13.2. The van der Waals surface area contributed by atoms with Gasteiger partial charge in [-0.2, -0.15) is 0 Å². The molecule has 2 heterocycles. The van der Waals surface area contributed by atoms with E-state index in [9.17, 15) is 4.79 Å². The van der Waals surface area contributed by atoms with Crippen LogP contribution in [0.5, 0.6) is 0 Å². The maximum absolute atomic E-state index is 13.2. The zero-order valence-corrected chi connectivity index (χ0v) is 20.2. The van der Waals surface area contributed by atoms with E-state index in [1.54, 1.807) is 11.8 Å². The number of amides is 1. The molecule has 0 saturated heterocycles. The van der Waals surface area contributed by atoms with Gasteiger partial charge in [0.2, 0.25) is 0 Å². The number of amidine groups is 1. The molecule has 2 aromatic carbocycles. The summed E-state index contributed by atoms with van der Waals surface area (Å²) >= 11 is 1.61. The van der Waals surface area contributed by atoms with Crippen LogP contribution in [0.2, 0.25) is 0 Å². The topological polar surface area (TPSA) is 57.1 Å². The lowest BCUT2D eigenvalue weighted by Gasteiger charge is -2.34. The van der Waals surface area contributed by atoms with Crippen molar-refractivity contribution in [2.24, 2.45) is 10.1 Å². The number of hydrogen-bond donors (Lipinski definition) is 1. The van der Waals surface area contributed by atoms with Gasteiger partial charge in [-0.15, -0.1) is 5.10 Å². The lowest BCUT2D eigenvalue weighted by atomic mass is 9.86. The fourth-order valence-corrected chi connectivity index (χ4v) is 4.81. The Morgan fingerprint density at radius 3 is 2.50 bits per heavy atom. The zero-order valence-electron chi connectivity index (χ0n) is 19.4. The van der Waals surface area contributed by atoms with Crippen molar-refractivity contribution in [3.63, 3.8) is 0 Å². The third kappa shape index (κ3) is 4.75. The van der Waals surface area contributed by atoms with E-state index in [0.29, 0.717) is 10.9 Å². The first kappa shape index (κ1) is 22.6. The SMILES string of the molecule is CCCCCCSC1=NN2C(=c3ccccc3=NC2c2ccc(C(C)(C)C)cc2)C(=O)N1. The van der Waals surface area contributed by atoms with Crippen molar-refractivity contribution in [1.29, 1.82) is 0 Å². The summed E-state index contributed by atoms with van der Waals surface area (Å²) in [5, 5.41) is 12.0. The van der Waals surface area contributed by atoms with Crippen LogP contribution in [0.15, 0.2) is 58.6 Å². The number of hydrogen-bond acceptors (Lipinski definition) is 5. The van der Waals surface area contributed by atoms with Crippen LogP contribution in [0.1, 0.15) is 70.7 Å². The Balaban J connectivity index is 1.70. The van der Waals surface area contributed by atoms with Crippen molar-refractivity contribution >= 4 is 28.5 Å². The molecule has 168 valence electrons. The van der Waals surface area contributed by atoms with Crippen molar-refractivity contribution in [2.75, 3.05) is 5.75 Å². The van der Waals surface area contributed by atoms with Crippen LogP contribution in [0.4, 0.5) is 0 Å². The number of para-hydroxylation sites is 1. The molecule has 0 fully saturated rings. The number of thioether (sulfide) groups is 1. The highest BCUT2D eigenvalue weighted by molar-refractivity contribution is 8.13. The molecule has 0 bridgehead atoms. The molecular weight excluding hydrogens is 416 g/mol. The Morgan fingerprint density at radius 2 is 1.78 bits per heavy atom. The number of hydrazone groups is 1. The summed E-state index contributed by atoms with van der Waals surface area (Å²) in [5.74, 6) is 0.829. The summed E-state index contributed by atoms with van der Waals surface area (Å²) < 4.78 is 0. The Labute approximate surface area is 194 Å². The smallest absolute Gasteiger partial charge is 0.276 e.